The Morgan fingerprint density at radius 2 is 1.52 bits per heavy atom. The van der Waals surface area contributed by atoms with Crippen molar-refractivity contribution in [2.75, 3.05) is 157 Å². The average Bonchev–Trinajstić information content (AvgIpc) is 3.11. The van der Waals surface area contributed by atoms with Crippen molar-refractivity contribution in [3.8, 4) is 17.2 Å². The first-order valence-corrected chi connectivity index (χ1v) is 31.1. The van der Waals surface area contributed by atoms with Crippen molar-refractivity contribution in [3.05, 3.63) is 138 Å². The first kappa shape index (κ1) is 69.4. The van der Waals surface area contributed by atoms with Gasteiger partial charge in [0.25, 0.3) is 0 Å². The predicted molar refractivity (Wildman–Crippen MR) is 346 cm³/mol. The molecule has 3 heterocycles. The van der Waals surface area contributed by atoms with Gasteiger partial charge in [-0.2, -0.15) is 0 Å². The van der Waals surface area contributed by atoms with Crippen LogP contribution < -0.4 is 35.1 Å². The number of hydrogen-bond donors (Lipinski definition) is 3. The van der Waals surface area contributed by atoms with Crippen molar-refractivity contribution in [2.24, 2.45) is 0 Å². The molecule has 3 aromatic carbocycles. The van der Waals surface area contributed by atoms with E-state index in [1.165, 1.54) is 11.3 Å². The van der Waals surface area contributed by atoms with Gasteiger partial charge in [0.05, 0.1) is 83.4 Å². The summed E-state index contributed by atoms with van der Waals surface area (Å²) in [7, 11) is 11.5. The molecule has 1 atom stereocenters. The molecule has 0 bridgehead atoms. The molecule has 2 fully saturated rings. The summed E-state index contributed by atoms with van der Waals surface area (Å²) in [5.41, 5.74) is 5.85. The number of carbonyl (C=O) groups is 4. The molecule has 478 valence electrons. The molecule has 7 rings (SSSR count). The highest BCUT2D eigenvalue weighted by Crippen LogP contribution is 2.38. The Balaban J connectivity index is 0.000000620. The number of piperazine rings is 1. The molecule has 2 aromatic heterocycles. The topological polar surface area (TPSA) is 220 Å². The molecule has 1 saturated heterocycles. The van der Waals surface area contributed by atoms with Crippen LogP contribution in [0, 0.1) is 0 Å². The van der Waals surface area contributed by atoms with Gasteiger partial charge < -0.3 is 68.9 Å². The van der Waals surface area contributed by atoms with Crippen molar-refractivity contribution in [3.63, 3.8) is 0 Å². The van der Waals surface area contributed by atoms with Gasteiger partial charge in [0.1, 0.15) is 29.9 Å². The van der Waals surface area contributed by atoms with Crippen LogP contribution in [0.1, 0.15) is 60.7 Å². The first-order valence-electron chi connectivity index (χ1n) is 30.2. The summed E-state index contributed by atoms with van der Waals surface area (Å²) in [5, 5.41) is 19.8. The molecule has 0 spiro atoms. The van der Waals surface area contributed by atoms with E-state index in [1.807, 2.05) is 85.0 Å². The number of anilines is 3. The van der Waals surface area contributed by atoms with E-state index in [9.17, 15) is 19.2 Å². The second-order valence-corrected chi connectivity index (χ2v) is 22.5. The Bertz CT molecular complexity index is 2930. The van der Waals surface area contributed by atoms with Crippen LogP contribution in [0.25, 0.3) is 0 Å². The zero-order chi connectivity index (χ0) is 62.9. The number of nitrogens with one attached hydrogen (secondary N) is 3. The van der Waals surface area contributed by atoms with E-state index < -0.39 is 6.04 Å². The minimum absolute atomic E-state index is 0.0156. The number of carbonyl (C=O) groups excluding carboxylic acids is 4. The van der Waals surface area contributed by atoms with Crippen molar-refractivity contribution in [1.29, 1.82) is 0 Å². The lowest BCUT2D eigenvalue weighted by atomic mass is 10.0. The summed E-state index contributed by atoms with van der Waals surface area (Å²) >= 11 is 1.54. The molecule has 1 aliphatic carbocycles. The Kier molecular flexibility index (Phi) is 30.4. The fourth-order valence-corrected chi connectivity index (χ4v) is 10.1. The Hall–Kier alpha value is -7.67. The summed E-state index contributed by atoms with van der Waals surface area (Å²) in [6.45, 7) is 18.0. The number of amides is 4. The van der Waals surface area contributed by atoms with Crippen LogP contribution in [0.15, 0.2) is 115 Å². The third-order valence-electron chi connectivity index (χ3n) is 14.6. The number of ether oxygens (including phenoxy) is 6. The second-order valence-electron chi connectivity index (χ2n) is 21.6. The standard InChI is InChI=1S/C54H74N8O9.C11H18N4OS/c1-7-11-42(8-2)39-55-54(65)53(44-15-24-50(59(3)4)51(38-44)66-6)62(47-18-19-47)52(64)25-14-43-12-20-48(21-13-43)70-30-10-9-27-60(5)28-32-68-35-34-67-31-26-46-40-61(58-57-46)29-33-69-36-37-71-49-22-16-45(17-23-49)56-41-63;1-12-11-13-9(8-17-11)7-10(16)15-5-3-14(2)4-6-15/h7-8,11-13,15-17,20-24,38,40-41,47,53H,1-2,9-10,14,18-19,25-37,39H2,3-6H3,(H,55,65)(H,56,63);8H,3-7H2,1-2H3,(H,12,13)/b42-11+;. The van der Waals surface area contributed by atoms with E-state index in [0.717, 1.165) is 104 Å². The third kappa shape index (κ3) is 24.5. The lowest BCUT2D eigenvalue weighted by molar-refractivity contribution is -0.141. The number of likely N-dealkylation sites (N-methyl/N-ethyl adjacent to an activating group) is 2. The van der Waals surface area contributed by atoms with Gasteiger partial charge in [-0.25, -0.2) is 9.67 Å². The highest BCUT2D eigenvalue weighted by atomic mass is 32.1. The van der Waals surface area contributed by atoms with Crippen LogP contribution in [0.2, 0.25) is 0 Å². The van der Waals surface area contributed by atoms with Crippen LogP contribution in [0.3, 0.4) is 0 Å². The highest BCUT2D eigenvalue weighted by Gasteiger charge is 2.41. The molecule has 88 heavy (non-hydrogen) atoms. The van der Waals surface area contributed by atoms with E-state index in [0.29, 0.717) is 108 Å². The zero-order valence-electron chi connectivity index (χ0n) is 52.4. The zero-order valence-corrected chi connectivity index (χ0v) is 53.2. The third-order valence-corrected chi connectivity index (χ3v) is 15.6. The van der Waals surface area contributed by atoms with Gasteiger partial charge >= 0.3 is 0 Å². The van der Waals surface area contributed by atoms with Crippen molar-refractivity contribution in [2.45, 2.75) is 70.0 Å². The van der Waals surface area contributed by atoms with E-state index in [4.69, 9.17) is 28.4 Å². The second kappa shape index (κ2) is 38.6. The highest BCUT2D eigenvalue weighted by molar-refractivity contribution is 7.13. The van der Waals surface area contributed by atoms with Crippen molar-refractivity contribution in [1.82, 2.24) is 44.9 Å². The minimum atomic E-state index is -0.826. The number of allylic oxidation sites excluding steroid dienone is 2. The summed E-state index contributed by atoms with van der Waals surface area (Å²) in [5.74, 6) is 1.99. The minimum Gasteiger partial charge on any atom is -0.495 e. The Morgan fingerprint density at radius 3 is 2.19 bits per heavy atom. The summed E-state index contributed by atoms with van der Waals surface area (Å²) in [6, 6.07) is 19.9. The molecule has 5 aromatic rings. The molecule has 1 unspecified atom stereocenters. The van der Waals surface area contributed by atoms with Gasteiger partial charge in [0.15, 0.2) is 5.13 Å². The number of rotatable bonds is 40. The van der Waals surface area contributed by atoms with Crippen LogP contribution in [0.5, 0.6) is 17.2 Å². The van der Waals surface area contributed by atoms with Gasteiger partial charge in [-0.15, -0.1) is 16.4 Å². The maximum Gasteiger partial charge on any atom is 0.247 e. The van der Waals surface area contributed by atoms with E-state index in [1.54, 1.807) is 59.2 Å². The SMILES string of the molecule is C=C/C=C(\C=C)CNC(=O)C(c1ccc(N(C)C)c(OC)c1)N(C(=O)CCc1ccc(OCCCCN(C)CCOCCOCCc2cn(CCOCCOc3ccc(NC=O)cc3)nn2)cc1)C1CC1.CNc1nc(CC(=O)N2CCN(C)CC2)cs1. The van der Waals surface area contributed by atoms with Crippen molar-refractivity contribution >= 4 is 52.0 Å². The maximum absolute atomic E-state index is 14.1. The summed E-state index contributed by atoms with van der Waals surface area (Å²) in [6.07, 6.45) is 13.2. The lowest BCUT2D eigenvalue weighted by Crippen LogP contribution is -2.47. The molecular weight excluding hydrogens is 1140 g/mol. The molecule has 4 amide bonds. The van der Waals surface area contributed by atoms with Crippen LogP contribution in [-0.2, 0) is 59.2 Å². The first-order chi connectivity index (χ1) is 42.8. The number of methoxy groups -OCH3 is 1. The van der Waals surface area contributed by atoms with Crippen LogP contribution in [0.4, 0.5) is 16.5 Å². The van der Waals surface area contributed by atoms with Gasteiger partial charge in [0.2, 0.25) is 24.1 Å². The number of unbranched alkanes of at least 4 members (excludes halogenated alkanes) is 1. The molecular formula is C65H92N12O10S. The fourth-order valence-electron chi connectivity index (χ4n) is 9.44. The monoisotopic (exact) mass is 1230 g/mol. The number of nitrogens with zero attached hydrogens (tertiary/aromatic N) is 9. The predicted octanol–water partition coefficient (Wildman–Crippen LogP) is 6.96. The smallest absolute Gasteiger partial charge is 0.247 e. The van der Waals surface area contributed by atoms with Gasteiger partial charge in [0, 0.05) is 96.6 Å². The average molecular weight is 1230 g/mol. The maximum atomic E-state index is 14.1. The van der Waals surface area contributed by atoms with Crippen LogP contribution >= 0.6 is 11.3 Å². The molecule has 23 heteroatoms. The number of hydrogen-bond acceptors (Lipinski definition) is 18. The van der Waals surface area contributed by atoms with Crippen molar-refractivity contribution < 1.29 is 47.6 Å². The van der Waals surface area contributed by atoms with E-state index in [-0.39, 0.29) is 36.7 Å². The van der Waals surface area contributed by atoms with Crippen LogP contribution in [-0.4, -0.2) is 211 Å². The summed E-state index contributed by atoms with van der Waals surface area (Å²) in [4.78, 5) is 65.2. The largest absolute Gasteiger partial charge is 0.495 e. The molecule has 2 aliphatic rings. The molecule has 1 aliphatic heterocycles. The summed E-state index contributed by atoms with van der Waals surface area (Å²) < 4.78 is 36.4. The van der Waals surface area contributed by atoms with E-state index in [2.05, 4.69) is 68.3 Å². The lowest BCUT2D eigenvalue weighted by Gasteiger charge is -2.32. The Morgan fingerprint density at radius 1 is 0.818 bits per heavy atom. The number of thiazole rings is 1. The molecule has 22 nitrogen and oxygen atoms in total. The Labute approximate surface area is 523 Å². The fraction of sp³-hybridized carbons (Fsp3) is 0.492. The quantitative estimate of drug-likeness (QED) is 0.0205. The molecule has 3 N–H and O–H groups in total. The normalized spacial score (nSPS) is 13.6. The number of aryl methyl sites for hydroxylation is 1. The molecule has 0 radical (unpaired) electrons. The number of benzene rings is 3. The van der Waals surface area contributed by atoms with Gasteiger partial charge in [-0.05, 0) is 118 Å². The van der Waals surface area contributed by atoms with Gasteiger partial charge in [-0.1, -0.05) is 54.8 Å². The number of aromatic nitrogens is 4. The van der Waals surface area contributed by atoms with Gasteiger partial charge in [-0.3, -0.25) is 19.2 Å². The van der Waals surface area contributed by atoms with E-state index >= 15 is 0 Å². The molecule has 1 saturated carbocycles.